The number of amides is 2. The molecule has 22 heavy (non-hydrogen) atoms. The van der Waals surface area contributed by atoms with Crippen LogP contribution in [0.4, 0.5) is 0 Å². The molecule has 1 heterocycles. The Kier molecular flexibility index (Phi) is 5.11. The maximum absolute atomic E-state index is 12.2. The number of nitrogens with one attached hydrogen (secondary N) is 2. The van der Waals surface area contributed by atoms with Gasteiger partial charge in [-0.3, -0.25) is 19.0 Å². The molecule has 0 unspecified atom stereocenters. The number of aromatic nitrogens is 1. The van der Waals surface area contributed by atoms with Gasteiger partial charge in [0.25, 0.3) is 0 Å². The van der Waals surface area contributed by atoms with Crippen molar-refractivity contribution in [2.75, 3.05) is 7.05 Å². The van der Waals surface area contributed by atoms with Gasteiger partial charge in [0.15, 0.2) is 0 Å². The van der Waals surface area contributed by atoms with Crippen LogP contribution in [0.1, 0.15) is 17.3 Å². The third-order valence-corrected chi connectivity index (χ3v) is 4.11. The van der Waals surface area contributed by atoms with E-state index in [-0.39, 0.29) is 23.2 Å². The number of carbonyl (C=O) groups is 2. The van der Waals surface area contributed by atoms with Gasteiger partial charge in [0.05, 0.1) is 0 Å². The first-order valence-electron chi connectivity index (χ1n) is 6.73. The van der Waals surface area contributed by atoms with Gasteiger partial charge in [-0.15, -0.1) is 0 Å². The van der Waals surface area contributed by atoms with Crippen LogP contribution in [0.3, 0.4) is 0 Å². The molecule has 0 spiro atoms. The fourth-order valence-corrected chi connectivity index (χ4v) is 2.77. The summed E-state index contributed by atoms with van der Waals surface area (Å²) in [6.07, 6.45) is 0. The molecule has 6 nitrogen and oxygen atoms in total. The first-order valence-corrected chi connectivity index (χ1v) is 7.61. The molecule has 2 aromatic rings. The molecule has 0 aliphatic carbocycles. The lowest BCUT2D eigenvalue weighted by atomic mass is 10.1. The Morgan fingerprint density at radius 3 is 2.50 bits per heavy atom. The largest absolute Gasteiger partial charge is 0.357 e. The Hall–Kier alpha value is -2.41. The van der Waals surface area contributed by atoms with E-state index in [1.807, 2.05) is 6.07 Å². The first kappa shape index (κ1) is 16.0. The van der Waals surface area contributed by atoms with E-state index in [2.05, 4.69) is 10.6 Å². The summed E-state index contributed by atoms with van der Waals surface area (Å²) in [5.74, 6) is -0.699. The Morgan fingerprint density at radius 1 is 1.27 bits per heavy atom. The van der Waals surface area contributed by atoms with Gasteiger partial charge >= 0.3 is 4.87 Å². The van der Waals surface area contributed by atoms with Crippen molar-refractivity contribution in [1.82, 2.24) is 15.2 Å². The zero-order chi connectivity index (χ0) is 16.1. The lowest BCUT2D eigenvalue weighted by molar-refractivity contribution is -0.129. The molecule has 0 saturated heterocycles. The van der Waals surface area contributed by atoms with E-state index in [0.717, 1.165) is 17.0 Å². The van der Waals surface area contributed by atoms with Crippen LogP contribution in [0, 0.1) is 6.92 Å². The van der Waals surface area contributed by atoms with Crippen molar-refractivity contribution in [1.29, 1.82) is 0 Å². The molecule has 2 amide bonds. The molecule has 0 aliphatic heterocycles. The van der Waals surface area contributed by atoms with Crippen LogP contribution in [0.15, 0.2) is 40.5 Å². The Balaban J connectivity index is 2.16. The van der Waals surface area contributed by atoms with Gasteiger partial charge in [-0.1, -0.05) is 41.7 Å². The van der Waals surface area contributed by atoms with Crippen molar-refractivity contribution in [3.63, 3.8) is 0 Å². The van der Waals surface area contributed by atoms with Crippen LogP contribution < -0.4 is 15.5 Å². The predicted octanol–water partition coefficient (Wildman–Crippen LogP) is 0.822. The number of hydrogen-bond donors (Lipinski definition) is 2. The Bertz CT molecular complexity index is 721. The zero-order valence-corrected chi connectivity index (χ0v) is 13.1. The van der Waals surface area contributed by atoms with Gasteiger partial charge in [-0.25, -0.2) is 0 Å². The highest BCUT2D eigenvalue weighted by molar-refractivity contribution is 7.07. The Morgan fingerprint density at radius 2 is 1.95 bits per heavy atom. The van der Waals surface area contributed by atoms with Crippen LogP contribution in [-0.2, 0) is 16.1 Å². The monoisotopic (exact) mass is 319 g/mol. The van der Waals surface area contributed by atoms with Crippen LogP contribution in [0.2, 0.25) is 0 Å². The summed E-state index contributed by atoms with van der Waals surface area (Å²) in [4.78, 5) is 35.6. The second-order valence-electron chi connectivity index (χ2n) is 4.75. The molecular formula is C15H17N3O3S. The smallest absolute Gasteiger partial charge is 0.307 e. The molecule has 0 radical (unpaired) electrons. The number of aryl methyl sites for hydroxylation is 1. The van der Waals surface area contributed by atoms with Crippen LogP contribution in [-0.4, -0.2) is 23.4 Å². The van der Waals surface area contributed by atoms with Crippen LogP contribution >= 0.6 is 11.3 Å². The quantitative estimate of drug-likeness (QED) is 0.856. The predicted molar refractivity (Wildman–Crippen MR) is 84.7 cm³/mol. The molecule has 0 bridgehead atoms. The minimum absolute atomic E-state index is 0.103. The Labute approximate surface area is 131 Å². The normalized spacial score (nSPS) is 11.7. The summed E-state index contributed by atoms with van der Waals surface area (Å²) < 4.78 is 1.38. The van der Waals surface area contributed by atoms with Crippen LogP contribution in [0.5, 0.6) is 0 Å². The molecule has 0 fully saturated rings. The van der Waals surface area contributed by atoms with Gasteiger partial charge in [0.2, 0.25) is 11.8 Å². The molecule has 1 aromatic carbocycles. The molecule has 2 N–H and O–H groups in total. The van der Waals surface area contributed by atoms with Crippen molar-refractivity contribution >= 4 is 23.2 Å². The molecule has 0 aliphatic rings. The molecular weight excluding hydrogens is 302 g/mol. The third kappa shape index (κ3) is 3.62. The standard InChI is InChI=1S/C15H17N3O3S/c1-10-9-22-15(21)18(10)8-12(19)17-13(14(20)16-2)11-6-4-3-5-7-11/h3-7,9,13H,8H2,1-2H3,(H,16,20)(H,17,19)/t13-/m1/s1. The third-order valence-electron chi connectivity index (χ3n) is 3.22. The SMILES string of the molecule is CNC(=O)[C@H](NC(=O)Cn1c(C)csc1=O)c1ccccc1. The number of rotatable bonds is 5. The lowest BCUT2D eigenvalue weighted by Crippen LogP contribution is -2.41. The molecule has 116 valence electrons. The fourth-order valence-electron chi connectivity index (χ4n) is 2.04. The summed E-state index contributed by atoms with van der Waals surface area (Å²) in [5, 5.41) is 6.90. The number of thiazole rings is 1. The minimum atomic E-state index is -0.784. The molecule has 0 saturated carbocycles. The summed E-state index contributed by atoms with van der Waals surface area (Å²) >= 11 is 1.05. The second-order valence-corrected chi connectivity index (χ2v) is 5.58. The van der Waals surface area contributed by atoms with E-state index >= 15 is 0 Å². The molecule has 1 aromatic heterocycles. The van der Waals surface area contributed by atoms with Crippen molar-refractivity contribution in [2.45, 2.75) is 19.5 Å². The van der Waals surface area contributed by atoms with Gasteiger partial charge in [0, 0.05) is 18.1 Å². The van der Waals surface area contributed by atoms with E-state index in [0.29, 0.717) is 5.56 Å². The number of likely N-dealkylation sites (N-methyl/N-ethyl adjacent to an activating group) is 1. The lowest BCUT2D eigenvalue weighted by Gasteiger charge is -2.18. The minimum Gasteiger partial charge on any atom is -0.357 e. The van der Waals surface area contributed by atoms with E-state index in [9.17, 15) is 14.4 Å². The number of carbonyl (C=O) groups excluding carboxylic acids is 2. The number of nitrogens with zero attached hydrogens (tertiary/aromatic N) is 1. The van der Waals surface area contributed by atoms with Crippen molar-refractivity contribution in [2.24, 2.45) is 0 Å². The van der Waals surface area contributed by atoms with Gasteiger partial charge < -0.3 is 10.6 Å². The number of hydrogen-bond acceptors (Lipinski definition) is 4. The van der Waals surface area contributed by atoms with E-state index < -0.39 is 6.04 Å². The highest BCUT2D eigenvalue weighted by Crippen LogP contribution is 2.12. The molecule has 2 rings (SSSR count). The van der Waals surface area contributed by atoms with E-state index in [1.54, 1.807) is 36.6 Å². The number of benzene rings is 1. The fraction of sp³-hybridized carbons (Fsp3) is 0.267. The summed E-state index contributed by atoms with van der Waals surface area (Å²) in [7, 11) is 1.51. The van der Waals surface area contributed by atoms with E-state index in [4.69, 9.17) is 0 Å². The van der Waals surface area contributed by atoms with Gasteiger partial charge in [-0.2, -0.15) is 0 Å². The summed E-state index contributed by atoms with van der Waals surface area (Å²) in [5.41, 5.74) is 1.41. The zero-order valence-electron chi connectivity index (χ0n) is 12.3. The maximum atomic E-state index is 12.2. The summed E-state index contributed by atoms with van der Waals surface area (Å²) in [6.45, 7) is 1.66. The maximum Gasteiger partial charge on any atom is 0.307 e. The molecule has 7 heteroatoms. The average molecular weight is 319 g/mol. The summed E-state index contributed by atoms with van der Waals surface area (Å²) in [6, 6.07) is 8.18. The van der Waals surface area contributed by atoms with Gasteiger partial charge in [0.1, 0.15) is 12.6 Å². The van der Waals surface area contributed by atoms with Crippen molar-refractivity contribution in [3.8, 4) is 0 Å². The van der Waals surface area contributed by atoms with Crippen LogP contribution in [0.25, 0.3) is 0 Å². The average Bonchev–Trinajstić information content (AvgIpc) is 2.84. The van der Waals surface area contributed by atoms with Gasteiger partial charge in [-0.05, 0) is 12.5 Å². The highest BCUT2D eigenvalue weighted by Gasteiger charge is 2.22. The van der Waals surface area contributed by atoms with Crippen molar-refractivity contribution < 1.29 is 9.59 Å². The second kappa shape index (κ2) is 7.04. The first-order chi connectivity index (χ1) is 10.5. The molecule has 1 atom stereocenters. The van der Waals surface area contributed by atoms with E-state index in [1.165, 1.54) is 11.6 Å². The highest BCUT2D eigenvalue weighted by atomic mass is 32.1. The topological polar surface area (TPSA) is 80.2 Å². The van der Waals surface area contributed by atoms with Crippen molar-refractivity contribution in [3.05, 3.63) is 56.6 Å².